The van der Waals surface area contributed by atoms with Crippen LogP contribution in [-0.2, 0) is 6.42 Å². The van der Waals surface area contributed by atoms with E-state index in [4.69, 9.17) is 11.5 Å². The van der Waals surface area contributed by atoms with Crippen LogP contribution in [0.5, 0.6) is 0 Å². The van der Waals surface area contributed by atoms with Crippen LogP contribution in [0.1, 0.15) is 11.1 Å². The van der Waals surface area contributed by atoms with Gasteiger partial charge in [0, 0.05) is 23.0 Å². The Balaban J connectivity index is 1.91. The second-order valence-corrected chi connectivity index (χ2v) is 5.38. The first-order valence-electron chi connectivity index (χ1n) is 7.24. The van der Waals surface area contributed by atoms with Crippen molar-refractivity contribution in [2.45, 2.75) is 13.3 Å². The number of nitrogens with two attached hydrogens (primary N) is 2. The third-order valence-corrected chi connectivity index (χ3v) is 3.44. The van der Waals surface area contributed by atoms with Crippen LogP contribution in [0, 0.1) is 6.92 Å². The molecule has 0 unspecified atom stereocenters. The van der Waals surface area contributed by atoms with Crippen molar-refractivity contribution in [3.8, 4) is 0 Å². The highest BCUT2D eigenvalue weighted by atomic mass is 15.1. The van der Waals surface area contributed by atoms with Crippen LogP contribution < -0.4 is 16.8 Å². The number of nitrogen functional groups attached to an aromatic ring is 1. The molecule has 1 heterocycles. The number of anilines is 3. The summed E-state index contributed by atoms with van der Waals surface area (Å²) in [7, 11) is 0. The molecule has 5 N–H and O–H groups in total. The maximum absolute atomic E-state index is 5.93. The van der Waals surface area contributed by atoms with E-state index in [0.717, 1.165) is 28.6 Å². The molecule has 0 bridgehead atoms. The molecule has 0 aliphatic carbocycles. The minimum atomic E-state index is 0.556. The summed E-state index contributed by atoms with van der Waals surface area (Å²) in [5, 5.41) is 4.24. The molecule has 22 heavy (non-hydrogen) atoms. The van der Waals surface area contributed by atoms with Crippen LogP contribution in [0.15, 0.2) is 42.6 Å². The van der Waals surface area contributed by atoms with Crippen molar-refractivity contribution in [1.82, 2.24) is 9.97 Å². The molecule has 0 atom stereocenters. The maximum atomic E-state index is 5.93. The third kappa shape index (κ3) is 3.15. The Kier molecular flexibility index (Phi) is 3.89. The van der Waals surface area contributed by atoms with Crippen molar-refractivity contribution < 1.29 is 0 Å². The lowest BCUT2D eigenvalue weighted by atomic mass is 10.1. The van der Waals surface area contributed by atoms with Crippen LogP contribution in [0.4, 0.5) is 17.3 Å². The van der Waals surface area contributed by atoms with Gasteiger partial charge >= 0.3 is 0 Å². The molecular formula is C17H19N5. The summed E-state index contributed by atoms with van der Waals surface area (Å²) in [6.07, 6.45) is 2.61. The van der Waals surface area contributed by atoms with Crippen LogP contribution in [0.25, 0.3) is 10.9 Å². The van der Waals surface area contributed by atoms with Gasteiger partial charge in [-0.25, -0.2) is 9.97 Å². The van der Waals surface area contributed by atoms with E-state index in [1.165, 1.54) is 5.56 Å². The Morgan fingerprint density at radius 2 is 2.00 bits per heavy atom. The van der Waals surface area contributed by atoms with Crippen molar-refractivity contribution in [1.29, 1.82) is 0 Å². The fourth-order valence-corrected chi connectivity index (χ4v) is 2.44. The van der Waals surface area contributed by atoms with Crippen LogP contribution in [-0.4, -0.2) is 16.5 Å². The van der Waals surface area contributed by atoms with Gasteiger partial charge in [-0.05, 0) is 55.8 Å². The second-order valence-electron chi connectivity index (χ2n) is 5.38. The Morgan fingerprint density at radius 3 is 2.82 bits per heavy atom. The summed E-state index contributed by atoms with van der Waals surface area (Å²) in [4.78, 5) is 8.89. The number of benzene rings is 2. The van der Waals surface area contributed by atoms with Gasteiger partial charge in [0.25, 0.3) is 0 Å². The molecule has 0 spiro atoms. The van der Waals surface area contributed by atoms with E-state index in [1.807, 2.05) is 36.5 Å². The van der Waals surface area contributed by atoms with Crippen molar-refractivity contribution in [3.63, 3.8) is 0 Å². The van der Waals surface area contributed by atoms with Crippen molar-refractivity contribution in [2.75, 3.05) is 17.6 Å². The molecule has 5 nitrogen and oxygen atoms in total. The number of hydrogen-bond donors (Lipinski definition) is 3. The monoisotopic (exact) mass is 293 g/mol. The smallest absolute Gasteiger partial charge is 0.227 e. The van der Waals surface area contributed by atoms with Gasteiger partial charge in [0.2, 0.25) is 5.95 Å². The molecule has 2 aromatic carbocycles. The van der Waals surface area contributed by atoms with Gasteiger partial charge in [0.15, 0.2) is 0 Å². The minimum Gasteiger partial charge on any atom is -0.399 e. The highest BCUT2D eigenvalue weighted by Gasteiger charge is 2.03. The van der Waals surface area contributed by atoms with Gasteiger partial charge in [-0.3, -0.25) is 0 Å². The molecule has 0 saturated carbocycles. The molecule has 0 aliphatic rings. The summed E-state index contributed by atoms with van der Waals surface area (Å²) in [6, 6.07) is 11.9. The average molecular weight is 293 g/mol. The molecule has 0 aliphatic heterocycles. The zero-order valence-electron chi connectivity index (χ0n) is 12.5. The minimum absolute atomic E-state index is 0.556. The Bertz CT molecular complexity index is 813. The number of aromatic nitrogens is 2. The van der Waals surface area contributed by atoms with Crippen molar-refractivity contribution >= 4 is 28.2 Å². The van der Waals surface area contributed by atoms with E-state index in [0.29, 0.717) is 18.2 Å². The van der Waals surface area contributed by atoms with E-state index >= 15 is 0 Å². The third-order valence-electron chi connectivity index (χ3n) is 3.44. The fraction of sp³-hybridized carbons (Fsp3) is 0.176. The lowest BCUT2D eigenvalue weighted by Crippen LogP contribution is -2.04. The second kappa shape index (κ2) is 5.99. The fourth-order valence-electron chi connectivity index (χ4n) is 2.44. The highest BCUT2D eigenvalue weighted by molar-refractivity contribution is 5.79. The van der Waals surface area contributed by atoms with Crippen molar-refractivity contribution in [2.24, 2.45) is 5.73 Å². The molecule has 3 aromatic rings. The summed E-state index contributed by atoms with van der Waals surface area (Å²) < 4.78 is 0. The molecule has 0 fully saturated rings. The normalized spacial score (nSPS) is 10.8. The zero-order chi connectivity index (χ0) is 15.5. The van der Waals surface area contributed by atoms with Gasteiger partial charge in [-0.15, -0.1) is 0 Å². The first kappa shape index (κ1) is 14.3. The molecule has 112 valence electrons. The number of nitrogens with zero attached hydrogens (tertiary/aromatic N) is 2. The van der Waals surface area contributed by atoms with Crippen LogP contribution >= 0.6 is 0 Å². The predicted molar refractivity (Wildman–Crippen MR) is 91.2 cm³/mol. The summed E-state index contributed by atoms with van der Waals surface area (Å²) in [6.45, 7) is 2.64. The van der Waals surface area contributed by atoms with Gasteiger partial charge in [-0.1, -0.05) is 11.6 Å². The van der Waals surface area contributed by atoms with E-state index in [2.05, 4.69) is 28.3 Å². The first-order valence-corrected chi connectivity index (χ1v) is 7.24. The molecular weight excluding hydrogens is 274 g/mol. The van der Waals surface area contributed by atoms with Crippen LogP contribution in [0.2, 0.25) is 0 Å². The van der Waals surface area contributed by atoms with Gasteiger partial charge < -0.3 is 16.8 Å². The molecule has 3 rings (SSSR count). The largest absolute Gasteiger partial charge is 0.399 e. The summed E-state index contributed by atoms with van der Waals surface area (Å²) in [5.74, 6) is 0.556. The van der Waals surface area contributed by atoms with E-state index in [1.54, 1.807) is 0 Å². The summed E-state index contributed by atoms with van der Waals surface area (Å²) in [5.41, 5.74) is 16.3. The maximum Gasteiger partial charge on any atom is 0.227 e. The number of fused-ring (bicyclic) bond motifs is 1. The first-order chi connectivity index (χ1) is 10.6. The topological polar surface area (TPSA) is 89.8 Å². The lowest BCUT2D eigenvalue weighted by molar-refractivity contribution is 0.969. The Hall–Kier alpha value is -2.66. The van der Waals surface area contributed by atoms with Crippen LogP contribution in [0.3, 0.4) is 0 Å². The van der Waals surface area contributed by atoms with Crippen molar-refractivity contribution in [3.05, 3.63) is 53.7 Å². The molecule has 0 amide bonds. The molecule has 0 saturated heterocycles. The zero-order valence-corrected chi connectivity index (χ0v) is 12.5. The van der Waals surface area contributed by atoms with E-state index in [-0.39, 0.29) is 0 Å². The number of rotatable bonds is 4. The SMILES string of the molecule is Cc1ccc2nc(Nc3cc(N)cc(CCN)c3)ncc2c1. The summed E-state index contributed by atoms with van der Waals surface area (Å²) >= 11 is 0. The number of aryl methyl sites for hydroxylation is 1. The number of nitrogens with one attached hydrogen (secondary N) is 1. The molecule has 0 radical (unpaired) electrons. The molecule has 5 heteroatoms. The van der Waals surface area contributed by atoms with E-state index < -0.39 is 0 Å². The van der Waals surface area contributed by atoms with Gasteiger partial charge in [0.1, 0.15) is 0 Å². The Morgan fingerprint density at radius 1 is 1.14 bits per heavy atom. The molecule has 1 aromatic heterocycles. The Labute approximate surface area is 129 Å². The quantitative estimate of drug-likeness (QED) is 0.644. The van der Waals surface area contributed by atoms with Gasteiger partial charge in [0.05, 0.1) is 5.52 Å². The van der Waals surface area contributed by atoms with Gasteiger partial charge in [-0.2, -0.15) is 0 Å². The lowest BCUT2D eigenvalue weighted by Gasteiger charge is -2.09. The standard InChI is InChI=1S/C17H19N5/c1-11-2-3-16-13(6-11)10-20-17(22-16)21-15-8-12(4-5-18)7-14(19)9-15/h2-3,6-10H,4-5,18-19H2,1H3,(H,20,21,22). The highest BCUT2D eigenvalue weighted by Crippen LogP contribution is 2.21. The van der Waals surface area contributed by atoms with E-state index in [9.17, 15) is 0 Å². The average Bonchev–Trinajstić information content (AvgIpc) is 2.47. The predicted octanol–water partition coefficient (Wildman–Crippen LogP) is 2.77. The number of hydrogen-bond acceptors (Lipinski definition) is 5.